The van der Waals surface area contributed by atoms with Crippen LogP contribution in [0, 0.1) is 11.3 Å². The van der Waals surface area contributed by atoms with Crippen molar-refractivity contribution in [1.82, 2.24) is 9.80 Å². The van der Waals surface area contributed by atoms with E-state index in [0.29, 0.717) is 0 Å². The lowest BCUT2D eigenvalue weighted by Crippen LogP contribution is -2.35. The van der Waals surface area contributed by atoms with Crippen molar-refractivity contribution in [3.8, 4) is 0 Å². The summed E-state index contributed by atoms with van der Waals surface area (Å²) in [6, 6.07) is 0. The van der Waals surface area contributed by atoms with Gasteiger partial charge in [-0.25, -0.2) is 0 Å². The second-order valence-electron chi connectivity index (χ2n) is 3.92. The molecule has 78 valence electrons. The normalized spacial score (nSPS) is 13.7. The van der Waals surface area contributed by atoms with Gasteiger partial charge in [-0.05, 0) is 21.1 Å². The SMILES string of the molecule is CC(CN(C)CCN(C)C)C(=N)N. The molecule has 1 unspecified atom stereocenters. The van der Waals surface area contributed by atoms with Gasteiger partial charge in [0.25, 0.3) is 0 Å². The number of nitrogens with one attached hydrogen (secondary N) is 1. The summed E-state index contributed by atoms with van der Waals surface area (Å²) in [7, 11) is 6.17. The zero-order valence-corrected chi connectivity index (χ0v) is 9.17. The third-order valence-electron chi connectivity index (χ3n) is 2.05. The van der Waals surface area contributed by atoms with Crippen LogP contribution in [0.2, 0.25) is 0 Å². The second-order valence-corrected chi connectivity index (χ2v) is 3.92. The Kier molecular flexibility index (Phi) is 5.66. The number of hydrogen-bond acceptors (Lipinski definition) is 3. The van der Waals surface area contributed by atoms with E-state index in [-0.39, 0.29) is 11.8 Å². The van der Waals surface area contributed by atoms with Crippen molar-refractivity contribution >= 4 is 5.84 Å². The number of nitrogens with two attached hydrogens (primary N) is 1. The molecule has 3 N–H and O–H groups in total. The van der Waals surface area contributed by atoms with E-state index in [0.717, 1.165) is 19.6 Å². The Morgan fingerprint density at radius 1 is 1.31 bits per heavy atom. The van der Waals surface area contributed by atoms with Crippen molar-refractivity contribution in [2.75, 3.05) is 40.8 Å². The van der Waals surface area contributed by atoms with Gasteiger partial charge in [0.2, 0.25) is 0 Å². The summed E-state index contributed by atoms with van der Waals surface area (Å²) in [6.45, 7) is 4.91. The van der Waals surface area contributed by atoms with E-state index in [9.17, 15) is 0 Å². The van der Waals surface area contributed by atoms with Crippen molar-refractivity contribution < 1.29 is 0 Å². The number of nitrogens with zero attached hydrogens (tertiary/aromatic N) is 2. The maximum absolute atomic E-state index is 7.25. The lowest BCUT2D eigenvalue weighted by molar-refractivity contribution is 0.270. The number of amidine groups is 1. The molecule has 0 saturated heterocycles. The summed E-state index contributed by atoms with van der Waals surface area (Å²) in [5.41, 5.74) is 5.39. The first-order valence-corrected chi connectivity index (χ1v) is 4.60. The highest BCUT2D eigenvalue weighted by atomic mass is 15.1. The Morgan fingerprint density at radius 3 is 2.23 bits per heavy atom. The molecule has 0 fully saturated rings. The van der Waals surface area contributed by atoms with Crippen LogP contribution in [-0.2, 0) is 0 Å². The van der Waals surface area contributed by atoms with Crippen LogP contribution in [0.25, 0.3) is 0 Å². The van der Waals surface area contributed by atoms with Crippen LogP contribution in [0.5, 0.6) is 0 Å². The van der Waals surface area contributed by atoms with Crippen molar-refractivity contribution in [2.24, 2.45) is 11.7 Å². The molecule has 0 aromatic rings. The molecule has 1 atom stereocenters. The first-order valence-electron chi connectivity index (χ1n) is 4.60. The molecular weight excluding hydrogens is 164 g/mol. The van der Waals surface area contributed by atoms with Crippen molar-refractivity contribution in [2.45, 2.75) is 6.92 Å². The lowest BCUT2D eigenvalue weighted by Gasteiger charge is -2.22. The quantitative estimate of drug-likeness (QED) is 0.455. The molecule has 4 heteroatoms. The molecule has 0 aromatic carbocycles. The van der Waals surface area contributed by atoms with Crippen molar-refractivity contribution in [3.05, 3.63) is 0 Å². The molecule has 0 rings (SSSR count). The maximum atomic E-state index is 7.25. The molecule has 4 nitrogen and oxygen atoms in total. The van der Waals surface area contributed by atoms with E-state index in [1.165, 1.54) is 0 Å². The molecule has 0 amide bonds. The van der Waals surface area contributed by atoms with E-state index in [4.69, 9.17) is 11.1 Å². The highest BCUT2D eigenvalue weighted by Gasteiger charge is 2.08. The molecule has 0 spiro atoms. The Morgan fingerprint density at radius 2 is 1.85 bits per heavy atom. The maximum Gasteiger partial charge on any atom is 0.0947 e. The van der Waals surface area contributed by atoms with Gasteiger partial charge in [-0.3, -0.25) is 5.41 Å². The van der Waals surface area contributed by atoms with E-state index >= 15 is 0 Å². The Hall–Kier alpha value is -0.610. The molecule has 13 heavy (non-hydrogen) atoms. The molecule has 0 aliphatic heterocycles. The fourth-order valence-corrected chi connectivity index (χ4v) is 1.03. The van der Waals surface area contributed by atoms with Gasteiger partial charge >= 0.3 is 0 Å². The summed E-state index contributed by atoms with van der Waals surface area (Å²) in [5, 5.41) is 7.25. The van der Waals surface area contributed by atoms with Crippen LogP contribution in [0.1, 0.15) is 6.92 Å². The highest BCUT2D eigenvalue weighted by Crippen LogP contribution is 1.96. The van der Waals surface area contributed by atoms with Gasteiger partial charge in [0.05, 0.1) is 5.84 Å². The van der Waals surface area contributed by atoms with Crippen LogP contribution >= 0.6 is 0 Å². The minimum Gasteiger partial charge on any atom is -0.387 e. The summed E-state index contributed by atoms with van der Waals surface area (Å²) < 4.78 is 0. The van der Waals surface area contributed by atoms with Crippen LogP contribution in [0.3, 0.4) is 0 Å². The van der Waals surface area contributed by atoms with E-state index in [1.807, 2.05) is 6.92 Å². The first kappa shape index (κ1) is 12.4. The van der Waals surface area contributed by atoms with Gasteiger partial charge in [0, 0.05) is 25.6 Å². The summed E-state index contributed by atoms with van der Waals surface area (Å²) in [5.74, 6) is 0.434. The molecular formula is C9H22N4. The third-order valence-corrected chi connectivity index (χ3v) is 2.05. The Labute approximate surface area is 81.2 Å². The predicted octanol–water partition coefficient (Wildman–Crippen LogP) is 0.0519. The number of likely N-dealkylation sites (N-methyl/N-ethyl adjacent to an activating group) is 2. The number of rotatable bonds is 6. The zero-order valence-electron chi connectivity index (χ0n) is 9.17. The van der Waals surface area contributed by atoms with Gasteiger partial charge in [0.1, 0.15) is 0 Å². The largest absolute Gasteiger partial charge is 0.387 e. The third kappa shape index (κ3) is 6.54. The standard InChI is InChI=1S/C9H22N4/c1-8(9(10)11)7-13(4)6-5-12(2)3/h8H,5-7H2,1-4H3,(H3,10,11). The molecule has 0 aliphatic carbocycles. The number of hydrogen-bond donors (Lipinski definition) is 2. The van der Waals surface area contributed by atoms with E-state index in [2.05, 4.69) is 30.9 Å². The predicted molar refractivity (Wildman–Crippen MR) is 57.1 cm³/mol. The molecule has 0 saturated carbocycles. The smallest absolute Gasteiger partial charge is 0.0947 e. The van der Waals surface area contributed by atoms with Gasteiger partial charge in [-0.1, -0.05) is 6.92 Å². The van der Waals surface area contributed by atoms with Crippen LogP contribution in [0.4, 0.5) is 0 Å². The zero-order chi connectivity index (χ0) is 10.4. The van der Waals surface area contributed by atoms with E-state index < -0.39 is 0 Å². The second kappa shape index (κ2) is 5.94. The Balaban J connectivity index is 3.61. The summed E-state index contributed by atoms with van der Waals surface area (Å²) in [4.78, 5) is 4.35. The topological polar surface area (TPSA) is 56.4 Å². The first-order chi connectivity index (χ1) is 5.93. The Bertz CT molecular complexity index is 156. The molecule has 0 heterocycles. The summed E-state index contributed by atoms with van der Waals surface area (Å²) >= 11 is 0. The fourth-order valence-electron chi connectivity index (χ4n) is 1.03. The van der Waals surface area contributed by atoms with Crippen LogP contribution in [-0.4, -0.2) is 56.4 Å². The summed E-state index contributed by atoms with van der Waals surface area (Å²) in [6.07, 6.45) is 0. The molecule has 0 radical (unpaired) electrons. The van der Waals surface area contributed by atoms with Gasteiger partial charge in [-0.2, -0.15) is 0 Å². The van der Waals surface area contributed by atoms with Gasteiger partial charge < -0.3 is 15.5 Å². The van der Waals surface area contributed by atoms with Gasteiger partial charge in [0.15, 0.2) is 0 Å². The minimum atomic E-state index is 0.159. The highest BCUT2D eigenvalue weighted by molar-refractivity contribution is 5.79. The van der Waals surface area contributed by atoms with Crippen LogP contribution < -0.4 is 5.73 Å². The molecule has 0 bridgehead atoms. The average molecular weight is 186 g/mol. The van der Waals surface area contributed by atoms with E-state index in [1.54, 1.807) is 0 Å². The lowest BCUT2D eigenvalue weighted by atomic mass is 10.1. The van der Waals surface area contributed by atoms with Crippen molar-refractivity contribution in [1.29, 1.82) is 5.41 Å². The van der Waals surface area contributed by atoms with Gasteiger partial charge in [-0.15, -0.1) is 0 Å². The molecule has 0 aromatic heterocycles. The minimum absolute atomic E-state index is 0.159. The molecule has 0 aliphatic rings. The van der Waals surface area contributed by atoms with Crippen molar-refractivity contribution in [3.63, 3.8) is 0 Å². The monoisotopic (exact) mass is 186 g/mol. The fraction of sp³-hybridized carbons (Fsp3) is 0.889. The average Bonchev–Trinajstić information content (AvgIpc) is 2.00. The van der Waals surface area contributed by atoms with Crippen LogP contribution in [0.15, 0.2) is 0 Å².